The van der Waals surface area contributed by atoms with E-state index in [4.69, 9.17) is 9.26 Å². The first-order chi connectivity index (χ1) is 15.2. The summed E-state index contributed by atoms with van der Waals surface area (Å²) in [7, 11) is 0. The molecule has 2 aromatic carbocycles. The van der Waals surface area contributed by atoms with Gasteiger partial charge >= 0.3 is 6.18 Å². The fraction of sp³-hybridized carbons (Fsp3) is 0.273. The van der Waals surface area contributed by atoms with Crippen molar-refractivity contribution < 1.29 is 32.3 Å². The van der Waals surface area contributed by atoms with Gasteiger partial charge in [-0.05, 0) is 43.3 Å². The molecule has 3 aromatic rings. The Kier molecular flexibility index (Phi) is 7.81. The van der Waals surface area contributed by atoms with Crippen molar-refractivity contribution in [3.8, 4) is 5.75 Å². The summed E-state index contributed by atoms with van der Waals surface area (Å²) in [5.74, 6) is 1.02. The zero-order valence-electron chi connectivity index (χ0n) is 17.1. The number of aliphatic hydroxyl groups excluding tert-OH is 1. The Morgan fingerprint density at radius 2 is 1.94 bits per heavy atom. The third-order valence-corrected chi connectivity index (χ3v) is 5.40. The van der Waals surface area contributed by atoms with Gasteiger partial charge in [0.2, 0.25) is 0 Å². The van der Waals surface area contributed by atoms with E-state index in [2.05, 4.69) is 10.5 Å². The van der Waals surface area contributed by atoms with E-state index in [0.29, 0.717) is 17.1 Å². The Balaban J connectivity index is 1.48. The number of hydrogen-bond donors (Lipinski definition) is 2. The van der Waals surface area contributed by atoms with Gasteiger partial charge in [0, 0.05) is 17.5 Å². The van der Waals surface area contributed by atoms with Gasteiger partial charge in [-0.15, -0.1) is 11.8 Å². The van der Waals surface area contributed by atoms with E-state index in [9.17, 15) is 23.1 Å². The predicted molar refractivity (Wildman–Crippen MR) is 113 cm³/mol. The van der Waals surface area contributed by atoms with Crippen LogP contribution >= 0.6 is 11.8 Å². The number of aliphatic hydroxyl groups is 1. The molecule has 6 nitrogen and oxygen atoms in total. The molecule has 1 atom stereocenters. The summed E-state index contributed by atoms with van der Waals surface area (Å²) in [5.41, 5.74) is 0.441. The van der Waals surface area contributed by atoms with Crippen LogP contribution in [0.3, 0.4) is 0 Å². The minimum Gasteiger partial charge on any atom is -0.491 e. The number of carbonyl (C=O) groups excluding carboxylic acids is 1. The van der Waals surface area contributed by atoms with Crippen molar-refractivity contribution in [3.63, 3.8) is 0 Å². The van der Waals surface area contributed by atoms with Gasteiger partial charge in [-0.25, -0.2) is 0 Å². The lowest BCUT2D eigenvalue weighted by Crippen LogP contribution is -2.35. The minimum absolute atomic E-state index is 0.0836. The number of aromatic nitrogens is 1. The van der Waals surface area contributed by atoms with Crippen LogP contribution < -0.4 is 10.1 Å². The van der Waals surface area contributed by atoms with Crippen LogP contribution in [0, 0.1) is 6.92 Å². The van der Waals surface area contributed by atoms with Crippen LogP contribution in [-0.2, 0) is 11.9 Å². The molecular formula is C22H21F3N2O4S. The van der Waals surface area contributed by atoms with E-state index in [0.717, 1.165) is 22.7 Å². The van der Waals surface area contributed by atoms with E-state index < -0.39 is 17.8 Å². The maximum atomic E-state index is 12.6. The number of hydrogen-bond acceptors (Lipinski definition) is 6. The van der Waals surface area contributed by atoms with Crippen molar-refractivity contribution in [2.24, 2.45) is 0 Å². The molecule has 0 bridgehead atoms. The van der Waals surface area contributed by atoms with E-state index in [1.54, 1.807) is 12.1 Å². The van der Waals surface area contributed by atoms with Crippen LogP contribution in [0.15, 0.2) is 64.0 Å². The van der Waals surface area contributed by atoms with Crippen LogP contribution in [0.1, 0.15) is 27.4 Å². The molecule has 0 aliphatic rings. The SMILES string of the molecule is Cc1cc(CSc2ccccc2C(=O)NCC(O)COc2ccc(C(F)(F)F)cc2)on1. The number of thioether (sulfide) groups is 1. The molecule has 2 N–H and O–H groups in total. The number of carbonyl (C=O) groups is 1. The standard InChI is InChI=1S/C22H21F3N2O4S/c1-14-10-18(31-27-14)13-32-20-5-3-2-4-19(20)21(29)26-11-16(28)12-30-17-8-6-15(7-9-17)22(23,24)25/h2-10,16,28H,11-13H2,1H3,(H,26,29). The number of nitrogens with one attached hydrogen (secondary N) is 1. The van der Waals surface area contributed by atoms with Crippen molar-refractivity contribution in [2.45, 2.75) is 29.9 Å². The zero-order chi connectivity index (χ0) is 23.1. The highest BCUT2D eigenvalue weighted by atomic mass is 32.2. The highest BCUT2D eigenvalue weighted by molar-refractivity contribution is 7.98. The molecule has 10 heteroatoms. The number of amides is 1. The summed E-state index contributed by atoms with van der Waals surface area (Å²) in [6.45, 7) is 1.55. The van der Waals surface area contributed by atoms with Gasteiger partial charge in [0.1, 0.15) is 24.2 Å². The number of rotatable bonds is 9. The van der Waals surface area contributed by atoms with E-state index in [-0.39, 0.29) is 24.8 Å². The monoisotopic (exact) mass is 466 g/mol. The molecule has 1 unspecified atom stereocenters. The van der Waals surface area contributed by atoms with Gasteiger partial charge in [-0.3, -0.25) is 4.79 Å². The number of halogens is 3. The average Bonchev–Trinajstić information content (AvgIpc) is 3.19. The first kappa shape index (κ1) is 23.7. The van der Waals surface area contributed by atoms with Gasteiger partial charge in [0.25, 0.3) is 5.91 Å². The maximum Gasteiger partial charge on any atom is 0.416 e. The van der Waals surface area contributed by atoms with Crippen LogP contribution in [0.4, 0.5) is 13.2 Å². The number of benzene rings is 2. The second-order valence-corrected chi connectivity index (χ2v) is 7.93. The normalized spacial score (nSPS) is 12.4. The molecule has 170 valence electrons. The molecule has 0 saturated heterocycles. The average molecular weight is 466 g/mol. The highest BCUT2D eigenvalue weighted by Gasteiger charge is 2.30. The second kappa shape index (κ2) is 10.6. The molecule has 0 fully saturated rings. The Labute approximate surface area is 186 Å². The quantitative estimate of drug-likeness (QED) is 0.453. The Morgan fingerprint density at radius 3 is 2.59 bits per heavy atom. The molecule has 0 spiro atoms. The van der Waals surface area contributed by atoms with Gasteiger partial charge in [-0.2, -0.15) is 13.2 Å². The molecule has 0 aliphatic heterocycles. The fourth-order valence-electron chi connectivity index (χ4n) is 2.71. The Hall–Kier alpha value is -2.98. The summed E-state index contributed by atoms with van der Waals surface area (Å²) >= 11 is 1.42. The molecule has 32 heavy (non-hydrogen) atoms. The molecule has 1 aromatic heterocycles. The molecular weight excluding hydrogens is 445 g/mol. The first-order valence-electron chi connectivity index (χ1n) is 9.62. The van der Waals surface area contributed by atoms with Crippen LogP contribution in [0.25, 0.3) is 0 Å². The van der Waals surface area contributed by atoms with Crippen molar-refractivity contribution in [1.82, 2.24) is 10.5 Å². The topological polar surface area (TPSA) is 84.6 Å². The Bertz CT molecular complexity index is 1040. The molecule has 3 rings (SSSR count). The largest absolute Gasteiger partial charge is 0.491 e. The molecule has 1 amide bonds. The van der Waals surface area contributed by atoms with Crippen molar-refractivity contribution in [1.29, 1.82) is 0 Å². The van der Waals surface area contributed by atoms with Gasteiger partial charge < -0.3 is 19.7 Å². The minimum atomic E-state index is -4.43. The second-order valence-electron chi connectivity index (χ2n) is 6.92. The van der Waals surface area contributed by atoms with Crippen LogP contribution in [0.2, 0.25) is 0 Å². The number of ether oxygens (including phenoxy) is 1. The first-order valence-corrected chi connectivity index (χ1v) is 10.6. The smallest absolute Gasteiger partial charge is 0.416 e. The van der Waals surface area contributed by atoms with E-state index >= 15 is 0 Å². The van der Waals surface area contributed by atoms with E-state index in [1.807, 2.05) is 25.1 Å². The van der Waals surface area contributed by atoms with Crippen molar-refractivity contribution in [3.05, 3.63) is 77.2 Å². The van der Waals surface area contributed by atoms with Crippen LogP contribution in [-0.4, -0.2) is 35.4 Å². The molecule has 0 aliphatic carbocycles. The number of alkyl halides is 3. The van der Waals surface area contributed by atoms with Gasteiger partial charge in [-0.1, -0.05) is 17.3 Å². The lowest BCUT2D eigenvalue weighted by Gasteiger charge is -2.15. The summed E-state index contributed by atoms with van der Waals surface area (Å²) in [6, 6.07) is 13.0. The number of nitrogens with zero attached hydrogens (tertiary/aromatic N) is 1. The number of aryl methyl sites for hydroxylation is 1. The van der Waals surface area contributed by atoms with Gasteiger partial charge in [0.15, 0.2) is 0 Å². The zero-order valence-corrected chi connectivity index (χ0v) is 17.9. The predicted octanol–water partition coefficient (Wildman–Crippen LogP) is 4.46. The highest BCUT2D eigenvalue weighted by Crippen LogP contribution is 2.30. The van der Waals surface area contributed by atoms with E-state index in [1.165, 1.54) is 23.9 Å². The summed E-state index contributed by atoms with van der Waals surface area (Å²) in [5, 5.41) is 16.5. The summed E-state index contributed by atoms with van der Waals surface area (Å²) < 4.78 is 48.2. The molecule has 0 saturated carbocycles. The Morgan fingerprint density at radius 1 is 1.22 bits per heavy atom. The summed E-state index contributed by atoms with van der Waals surface area (Å²) in [6.07, 6.45) is -5.47. The lowest BCUT2D eigenvalue weighted by atomic mass is 10.2. The fourth-order valence-corrected chi connectivity index (χ4v) is 3.64. The van der Waals surface area contributed by atoms with Gasteiger partial charge in [0.05, 0.1) is 22.6 Å². The third-order valence-electron chi connectivity index (χ3n) is 4.30. The van der Waals surface area contributed by atoms with Crippen molar-refractivity contribution >= 4 is 17.7 Å². The molecule has 0 radical (unpaired) electrons. The summed E-state index contributed by atoms with van der Waals surface area (Å²) in [4.78, 5) is 13.3. The maximum absolute atomic E-state index is 12.6. The molecule has 1 heterocycles. The van der Waals surface area contributed by atoms with Crippen molar-refractivity contribution in [2.75, 3.05) is 13.2 Å². The third kappa shape index (κ3) is 6.76. The lowest BCUT2D eigenvalue weighted by molar-refractivity contribution is -0.137. The van der Waals surface area contributed by atoms with Crippen LogP contribution in [0.5, 0.6) is 5.75 Å².